The minimum absolute atomic E-state index is 0.0270. The second-order valence-electron chi connectivity index (χ2n) is 6.48. The second kappa shape index (κ2) is 10.0. The molecule has 6 heteroatoms. The molecule has 0 spiro atoms. The van der Waals surface area contributed by atoms with E-state index in [4.69, 9.17) is 9.84 Å². The van der Waals surface area contributed by atoms with Gasteiger partial charge in [0.25, 0.3) is 0 Å². The lowest BCUT2D eigenvalue weighted by molar-refractivity contribution is -0.145. The number of carboxylic acid groups (broad SMARTS) is 1. The Labute approximate surface area is 149 Å². The Bertz CT molecular complexity index is 550. The van der Waals surface area contributed by atoms with Gasteiger partial charge in [0.2, 0.25) is 5.91 Å². The van der Waals surface area contributed by atoms with Crippen LogP contribution in [-0.4, -0.2) is 65.6 Å². The molecule has 0 aromatic heterocycles. The summed E-state index contributed by atoms with van der Waals surface area (Å²) in [5, 5.41) is 9.00. The fourth-order valence-corrected chi connectivity index (χ4v) is 3.31. The van der Waals surface area contributed by atoms with Gasteiger partial charge in [0.15, 0.2) is 0 Å². The molecule has 0 aliphatic carbocycles. The van der Waals surface area contributed by atoms with Gasteiger partial charge in [-0.3, -0.25) is 9.59 Å². The summed E-state index contributed by atoms with van der Waals surface area (Å²) in [4.78, 5) is 26.6. The lowest BCUT2D eigenvalue weighted by atomic mass is 10.1. The van der Waals surface area contributed by atoms with Crippen molar-refractivity contribution in [3.8, 4) is 5.75 Å². The normalized spacial score (nSPS) is 18.4. The molecule has 25 heavy (non-hydrogen) atoms. The maximum atomic E-state index is 11.8. The first-order chi connectivity index (χ1) is 12.1. The van der Waals surface area contributed by atoms with Gasteiger partial charge >= 0.3 is 5.97 Å². The third-order valence-corrected chi connectivity index (χ3v) is 4.57. The molecule has 2 rings (SSSR count). The van der Waals surface area contributed by atoms with Crippen LogP contribution in [0.1, 0.15) is 32.6 Å². The summed E-state index contributed by atoms with van der Waals surface area (Å²) in [6.07, 6.45) is 3.62. The van der Waals surface area contributed by atoms with Crippen molar-refractivity contribution < 1.29 is 19.4 Å². The van der Waals surface area contributed by atoms with Crippen molar-refractivity contribution in [2.45, 2.75) is 38.6 Å². The number of para-hydroxylation sites is 1. The summed E-state index contributed by atoms with van der Waals surface area (Å²) in [7, 11) is 0. The van der Waals surface area contributed by atoms with Gasteiger partial charge in [0.1, 0.15) is 12.3 Å². The SMILES string of the molecule is CC(=O)N(CC(=O)O)[C@H]1CCCN(CCCOc2ccccc2)CC1. The van der Waals surface area contributed by atoms with Crippen LogP contribution in [0.5, 0.6) is 5.75 Å². The summed E-state index contributed by atoms with van der Waals surface area (Å²) in [5.74, 6) is -0.212. The molecule has 0 saturated carbocycles. The molecular weight excluding hydrogens is 320 g/mol. The number of likely N-dealkylation sites (tertiary alicyclic amines) is 1. The van der Waals surface area contributed by atoms with Crippen molar-refractivity contribution >= 4 is 11.9 Å². The van der Waals surface area contributed by atoms with E-state index in [0.29, 0.717) is 6.61 Å². The molecule has 1 aliphatic rings. The summed E-state index contributed by atoms with van der Waals surface area (Å²) in [6, 6.07) is 9.82. The summed E-state index contributed by atoms with van der Waals surface area (Å²) < 4.78 is 5.72. The lowest BCUT2D eigenvalue weighted by Crippen LogP contribution is -2.42. The molecule has 1 heterocycles. The molecule has 1 aromatic carbocycles. The number of nitrogens with zero attached hydrogens (tertiary/aromatic N) is 2. The van der Waals surface area contributed by atoms with Gasteiger partial charge in [-0.05, 0) is 44.4 Å². The van der Waals surface area contributed by atoms with Gasteiger partial charge in [0, 0.05) is 26.1 Å². The van der Waals surface area contributed by atoms with Gasteiger partial charge in [-0.1, -0.05) is 18.2 Å². The fraction of sp³-hybridized carbons (Fsp3) is 0.579. The van der Waals surface area contributed by atoms with Crippen LogP contribution < -0.4 is 4.74 Å². The lowest BCUT2D eigenvalue weighted by Gasteiger charge is -2.29. The minimum atomic E-state index is -0.950. The number of rotatable bonds is 8. The van der Waals surface area contributed by atoms with E-state index in [2.05, 4.69) is 4.90 Å². The first-order valence-corrected chi connectivity index (χ1v) is 8.95. The van der Waals surface area contributed by atoms with Crippen LogP contribution >= 0.6 is 0 Å². The Morgan fingerprint density at radius 1 is 1.24 bits per heavy atom. The summed E-state index contributed by atoms with van der Waals surface area (Å²) in [6.45, 7) is 4.76. The number of amides is 1. The predicted molar refractivity (Wildman–Crippen MR) is 95.7 cm³/mol. The highest BCUT2D eigenvalue weighted by atomic mass is 16.5. The average Bonchev–Trinajstić information content (AvgIpc) is 2.83. The standard InChI is InChI=1S/C19H28N2O4/c1-16(22)21(15-19(23)24)17-7-5-11-20(13-10-17)12-6-14-25-18-8-3-2-4-9-18/h2-4,8-9,17H,5-7,10-15H2,1H3,(H,23,24)/t17-/m0/s1. The molecular formula is C19H28N2O4. The molecule has 1 atom stereocenters. The van der Waals surface area contributed by atoms with Crippen LogP contribution in [0.3, 0.4) is 0 Å². The van der Waals surface area contributed by atoms with Crippen LogP contribution in [0.2, 0.25) is 0 Å². The van der Waals surface area contributed by atoms with E-state index in [9.17, 15) is 9.59 Å². The third kappa shape index (κ3) is 6.74. The van der Waals surface area contributed by atoms with E-state index < -0.39 is 5.97 Å². The number of carboxylic acids is 1. The highest BCUT2D eigenvalue weighted by Crippen LogP contribution is 2.17. The van der Waals surface area contributed by atoms with Crippen molar-refractivity contribution in [2.24, 2.45) is 0 Å². The summed E-state index contributed by atoms with van der Waals surface area (Å²) >= 11 is 0. The smallest absolute Gasteiger partial charge is 0.323 e. The van der Waals surface area contributed by atoms with Crippen LogP contribution in [0.4, 0.5) is 0 Å². The predicted octanol–water partition coefficient (Wildman–Crippen LogP) is 2.24. The quantitative estimate of drug-likeness (QED) is 0.730. The highest BCUT2D eigenvalue weighted by Gasteiger charge is 2.25. The Kier molecular flexibility index (Phi) is 7.73. The topological polar surface area (TPSA) is 70.1 Å². The van der Waals surface area contributed by atoms with Crippen LogP contribution in [-0.2, 0) is 9.59 Å². The monoisotopic (exact) mass is 348 g/mol. The molecule has 138 valence electrons. The van der Waals surface area contributed by atoms with Crippen molar-refractivity contribution in [1.29, 1.82) is 0 Å². The van der Waals surface area contributed by atoms with Gasteiger partial charge in [-0.25, -0.2) is 0 Å². The maximum Gasteiger partial charge on any atom is 0.323 e. The molecule has 1 N–H and O–H groups in total. The van der Waals surface area contributed by atoms with Crippen LogP contribution in [0.15, 0.2) is 30.3 Å². The van der Waals surface area contributed by atoms with Crippen molar-refractivity contribution in [2.75, 3.05) is 32.8 Å². The number of carbonyl (C=O) groups is 2. The van der Waals surface area contributed by atoms with Crippen LogP contribution in [0, 0.1) is 0 Å². The van der Waals surface area contributed by atoms with Gasteiger partial charge in [-0.15, -0.1) is 0 Å². The Morgan fingerprint density at radius 3 is 2.68 bits per heavy atom. The zero-order chi connectivity index (χ0) is 18.1. The summed E-state index contributed by atoms with van der Waals surface area (Å²) in [5.41, 5.74) is 0. The van der Waals surface area contributed by atoms with Gasteiger partial charge in [-0.2, -0.15) is 0 Å². The molecule has 0 radical (unpaired) electrons. The zero-order valence-electron chi connectivity index (χ0n) is 14.9. The van der Waals surface area contributed by atoms with Gasteiger partial charge in [0.05, 0.1) is 6.61 Å². The van der Waals surface area contributed by atoms with E-state index in [0.717, 1.165) is 51.1 Å². The van der Waals surface area contributed by atoms with Crippen molar-refractivity contribution in [1.82, 2.24) is 9.80 Å². The number of ether oxygens (including phenoxy) is 1. The fourth-order valence-electron chi connectivity index (χ4n) is 3.31. The Hall–Kier alpha value is -2.08. The van der Waals surface area contributed by atoms with E-state index >= 15 is 0 Å². The zero-order valence-corrected chi connectivity index (χ0v) is 14.9. The molecule has 1 fully saturated rings. The van der Waals surface area contributed by atoms with E-state index in [-0.39, 0.29) is 18.5 Å². The second-order valence-corrected chi connectivity index (χ2v) is 6.48. The molecule has 1 aromatic rings. The number of hydrogen-bond acceptors (Lipinski definition) is 4. The molecule has 0 unspecified atom stereocenters. The van der Waals surface area contributed by atoms with E-state index in [1.807, 2.05) is 30.3 Å². The first kappa shape index (κ1) is 19.2. The largest absolute Gasteiger partial charge is 0.494 e. The van der Waals surface area contributed by atoms with Crippen LogP contribution in [0.25, 0.3) is 0 Å². The highest BCUT2D eigenvalue weighted by molar-refractivity contribution is 5.79. The molecule has 1 aliphatic heterocycles. The van der Waals surface area contributed by atoms with E-state index in [1.54, 1.807) is 0 Å². The average molecular weight is 348 g/mol. The van der Waals surface area contributed by atoms with Crippen molar-refractivity contribution in [3.63, 3.8) is 0 Å². The number of carbonyl (C=O) groups excluding carboxylic acids is 1. The molecule has 6 nitrogen and oxygen atoms in total. The van der Waals surface area contributed by atoms with Crippen molar-refractivity contribution in [3.05, 3.63) is 30.3 Å². The Balaban J connectivity index is 1.73. The Morgan fingerprint density at radius 2 is 2.00 bits per heavy atom. The number of hydrogen-bond donors (Lipinski definition) is 1. The third-order valence-electron chi connectivity index (χ3n) is 4.57. The first-order valence-electron chi connectivity index (χ1n) is 8.95. The maximum absolute atomic E-state index is 11.8. The van der Waals surface area contributed by atoms with E-state index in [1.165, 1.54) is 11.8 Å². The number of benzene rings is 1. The van der Waals surface area contributed by atoms with Gasteiger partial charge < -0.3 is 19.6 Å². The number of aliphatic carboxylic acids is 1. The molecule has 1 saturated heterocycles. The molecule has 1 amide bonds. The minimum Gasteiger partial charge on any atom is -0.494 e. The molecule has 0 bridgehead atoms.